The molecule has 1 fully saturated rings. The second kappa shape index (κ2) is 9.62. The number of aromatic nitrogens is 4. The molecule has 2 N–H and O–H groups in total. The Bertz CT molecular complexity index is 1500. The molecule has 1 amide bonds. The lowest BCUT2D eigenvalue weighted by atomic mass is 10.0. The third kappa shape index (κ3) is 4.55. The van der Waals surface area contributed by atoms with E-state index in [2.05, 4.69) is 48.6 Å². The molecule has 1 aliphatic heterocycles. The van der Waals surface area contributed by atoms with Gasteiger partial charge in [0.05, 0.1) is 29.3 Å². The van der Waals surface area contributed by atoms with E-state index in [0.29, 0.717) is 11.4 Å². The zero-order valence-electron chi connectivity index (χ0n) is 19.8. The monoisotopic (exact) mass is 474 g/mol. The van der Waals surface area contributed by atoms with E-state index in [4.69, 9.17) is 0 Å². The largest absolute Gasteiger partial charge is 0.370 e. The number of benzene rings is 2. The highest BCUT2D eigenvalue weighted by Crippen LogP contribution is 2.29. The first kappa shape index (κ1) is 22.0. The number of carbonyl (C=O) groups is 1. The highest BCUT2D eigenvalue weighted by molar-refractivity contribution is 6.11. The molecule has 0 bridgehead atoms. The van der Waals surface area contributed by atoms with Crippen molar-refractivity contribution in [3.63, 3.8) is 0 Å². The first-order valence-corrected chi connectivity index (χ1v) is 12.2. The lowest BCUT2D eigenvalue weighted by Crippen LogP contribution is -2.17. The minimum Gasteiger partial charge on any atom is -0.370 e. The van der Waals surface area contributed by atoms with Crippen molar-refractivity contribution in [1.29, 1.82) is 0 Å². The molecule has 0 unspecified atom stereocenters. The molecular formula is C29H26N6O. The van der Waals surface area contributed by atoms with Gasteiger partial charge in [0.15, 0.2) is 5.69 Å². The Morgan fingerprint density at radius 3 is 2.58 bits per heavy atom. The van der Waals surface area contributed by atoms with Crippen LogP contribution in [0.3, 0.4) is 0 Å². The summed E-state index contributed by atoms with van der Waals surface area (Å²) in [7, 11) is 0. The summed E-state index contributed by atoms with van der Waals surface area (Å²) in [6, 6.07) is 22.2. The highest BCUT2D eigenvalue weighted by Gasteiger charge is 2.17. The van der Waals surface area contributed by atoms with Crippen LogP contribution in [0.1, 0.15) is 34.6 Å². The third-order valence-corrected chi connectivity index (χ3v) is 6.62. The Kier molecular flexibility index (Phi) is 5.87. The number of nitrogens with one attached hydrogen (secondary N) is 2. The van der Waals surface area contributed by atoms with Crippen molar-refractivity contribution in [2.24, 2.45) is 0 Å². The van der Waals surface area contributed by atoms with E-state index >= 15 is 0 Å². The van der Waals surface area contributed by atoms with Crippen LogP contribution >= 0.6 is 0 Å². The van der Waals surface area contributed by atoms with Crippen LogP contribution in [0.4, 0.5) is 11.4 Å². The van der Waals surface area contributed by atoms with Gasteiger partial charge in [-0.15, -0.1) is 0 Å². The van der Waals surface area contributed by atoms with Gasteiger partial charge >= 0.3 is 0 Å². The lowest BCUT2D eigenvalue weighted by molar-refractivity contribution is 0.102. The number of H-pyrrole nitrogens is 1. The summed E-state index contributed by atoms with van der Waals surface area (Å²) in [5.74, 6) is -0.278. The van der Waals surface area contributed by atoms with Crippen LogP contribution in [0.2, 0.25) is 0 Å². The number of aromatic amines is 1. The second-order valence-corrected chi connectivity index (χ2v) is 9.11. The van der Waals surface area contributed by atoms with Gasteiger partial charge in [-0.1, -0.05) is 36.4 Å². The maximum absolute atomic E-state index is 13.1. The number of hydrogen-bond acceptors (Lipinski definition) is 5. The lowest BCUT2D eigenvalue weighted by Gasteiger charge is -2.17. The van der Waals surface area contributed by atoms with E-state index < -0.39 is 0 Å². The highest BCUT2D eigenvalue weighted by atomic mass is 16.1. The second-order valence-electron chi connectivity index (χ2n) is 9.11. The van der Waals surface area contributed by atoms with E-state index in [1.165, 1.54) is 18.4 Å². The number of nitrogens with zero attached hydrogens (tertiary/aromatic N) is 4. The van der Waals surface area contributed by atoms with Crippen LogP contribution in [0.25, 0.3) is 22.0 Å². The maximum Gasteiger partial charge on any atom is 0.276 e. The summed E-state index contributed by atoms with van der Waals surface area (Å²) in [6.45, 7) is 2.14. The van der Waals surface area contributed by atoms with E-state index in [1.807, 2.05) is 60.9 Å². The molecule has 0 aliphatic carbocycles. The van der Waals surface area contributed by atoms with Gasteiger partial charge in [0, 0.05) is 42.4 Å². The molecule has 4 heterocycles. The van der Waals surface area contributed by atoms with Gasteiger partial charge in [-0.3, -0.25) is 19.9 Å². The molecule has 5 aromatic rings. The molecule has 178 valence electrons. The zero-order chi connectivity index (χ0) is 24.3. The molecule has 0 saturated carbocycles. The van der Waals surface area contributed by atoms with Crippen LogP contribution in [0, 0.1) is 0 Å². The first-order valence-electron chi connectivity index (χ1n) is 12.2. The Labute approximate surface area is 209 Å². The van der Waals surface area contributed by atoms with Crippen molar-refractivity contribution in [2.45, 2.75) is 19.3 Å². The van der Waals surface area contributed by atoms with Crippen molar-refractivity contribution >= 4 is 28.2 Å². The summed E-state index contributed by atoms with van der Waals surface area (Å²) >= 11 is 0. The molecule has 7 heteroatoms. The summed E-state index contributed by atoms with van der Waals surface area (Å²) in [5, 5.41) is 11.0. The fourth-order valence-corrected chi connectivity index (χ4v) is 4.70. The number of carbonyl (C=O) groups excluding carboxylic acids is 1. The predicted molar refractivity (Wildman–Crippen MR) is 142 cm³/mol. The van der Waals surface area contributed by atoms with E-state index in [0.717, 1.165) is 52.9 Å². The number of hydrogen-bond donors (Lipinski definition) is 2. The summed E-state index contributed by atoms with van der Waals surface area (Å²) in [6.07, 6.45) is 8.65. The topological polar surface area (TPSA) is 86.8 Å². The average Bonchev–Trinajstić information content (AvgIpc) is 3.61. The van der Waals surface area contributed by atoms with Gasteiger partial charge < -0.3 is 10.2 Å². The number of amides is 1. The van der Waals surface area contributed by atoms with Crippen molar-refractivity contribution in [2.75, 3.05) is 23.3 Å². The third-order valence-electron chi connectivity index (χ3n) is 6.62. The maximum atomic E-state index is 13.1. The number of anilines is 2. The molecule has 1 saturated heterocycles. The molecule has 0 radical (unpaired) electrons. The molecule has 2 aromatic carbocycles. The fraction of sp³-hybridized carbons (Fsp3) is 0.172. The van der Waals surface area contributed by atoms with Gasteiger partial charge in [-0.2, -0.15) is 5.10 Å². The van der Waals surface area contributed by atoms with Crippen LogP contribution in [0.5, 0.6) is 0 Å². The van der Waals surface area contributed by atoms with Crippen molar-refractivity contribution in [3.05, 3.63) is 102 Å². The Morgan fingerprint density at radius 1 is 0.917 bits per heavy atom. The quantitative estimate of drug-likeness (QED) is 0.341. The first-order chi connectivity index (χ1) is 17.7. The summed E-state index contributed by atoms with van der Waals surface area (Å²) in [5.41, 5.74) is 7.09. The van der Waals surface area contributed by atoms with Gasteiger partial charge in [0.1, 0.15) is 0 Å². The standard InChI is InChI=1S/C29H26N6O/c36-29(32-24-10-9-23(31-18-24)14-20-6-2-1-3-7-20)28-26-16-21(8-11-27(26)33-34-28)22-15-25(19-30-17-22)35-12-4-5-13-35/h1-3,6-11,15-19H,4-5,12-14H2,(H,32,36)(H,33,34). The minimum atomic E-state index is -0.278. The van der Waals surface area contributed by atoms with E-state index in [-0.39, 0.29) is 5.91 Å². The predicted octanol–water partition coefficient (Wildman–Crippen LogP) is 5.46. The van der Waals surface area contributed by atoms with Crippen LogP contribution in [0.15, 0.2) is 85.3 Å². The van der Waals surface area contributed by atoms with Crippen molar-refractivity contribution in [1.82, 2.24) is 20.2 Å². The smallest absolute Gasteiger partial charge is 0.276 e. The minimum absolute atomic E-state index is 0.278. The van der Waals surface area contributed by atoms with E-state index in [9.17, 15) is 4.79 Å². The Hall–Kier alpha value is -4.52. The molecule has 36 heavy (non-hydrogen) atoms. The Balaban J connectivity index is 1.21. The fourth-order valence-electron chi connectivity index (χ4n) is 4.70. The van der Waals surface area contributed by atoms with Gasteiger partial charge in [0.25, 0.3) is 5.91 Å². The van der Waals surface area contributed by atoms with Gasteiger partial charge in [0.2, 0.25) is 0 Å². The molecule has 6 rings (SSSR count). The normalized spacial score (nSPS) is 13.3. The van der Waals surface area contributed by atoms with Crippen LogP contribution < -0.4 is 10.2 Å². The molecule has 0 atom stereocenters. The molecule has 7 nitrogen and oxygen atoms in total. The SMILES string of the molecule is O=C(Nc1ccc(Cc2ccccc2)nc1)c1n[nH]c2ccc(-c3cncc(N4CCCC4)c3)cc12. The van der Waals surface area contributed by atoms with Gasteiger partial charge in [-0.25, -0.2) is 0 Å². The van der Waals surface area contributed by atoms with Crippen LogP contribution in [-0.2, 0) is 6.42 Å². The number of fused-ring (bicyclic) bond motifs is 1. The molecule has 1 aliphatic rings. The van der Waals surface area contributed by atoms with Crippen molar-refractivity contribution < 1.29 is 4.79 Å². The van der Waals surface area contributed by atoms with Crippen LogP contribution in [-0.4, -0.2) is 39.2 Å². The van der Waals surface area contributed by atoms with Crippen molar-refractivity contribution in [3.8, 4) is 11.1 Å². The zero-order valence-corrected chi connectivity index (χ0v) is 19.8. The summed E-state index contributed by atoms with van der Waals surface area (Å²) in [4.78, 5) is 24.4. The molecular weight excluding hydrogens is 448 g/mol. The van der Waals surface area contributed by atoms with E-state index in [1.54, 1.807) is 6.20 Å². The summed E-state index contributed by atoms with van der Waals surface area (Å²) < 4.78 is 0. The molecule has 3 aromatic heterocycles. The van der Waals surface area contributed by atoms with Gasteiger partial charge in [-0.05, 0) is 54.3 Å². The Morgan fingerprint density at radius 2 is 1.78 bits per heavy atom. The number of pyridine rings is 2. The average molecular weight is 475 g/mol. The molecule has 0 spiro atoms. The number of rotatable bonds is 6.